The number of sulfone groups is 1. The molecule has 4 nitrogen and oxygen atoms in total. The van der Waals surface area contributed by atoms with Gasteiger partial charge in [0.1, 0.15) is 0 Å². The summed E-state index contributed by atoms with van der Waals surface area (Å²) in [5.74, 6) is 0.683. The molecule has 2 rings (SSSR count). The van der Waals surface area contributed by atoms with Crippen LogP contribution in [0.2, 0.25) is 0 Å². The van der Waals surface area contributed by atoms with E-state index in [2.05, 4.69) is 6.92 Å². The fourth-order valence-electron chi connectivity index (χ4n) is 2.87. The molecule has 1 amide bonds. The highest BCUT2D eigenvalue weighted by molar-refractivity contribution is 7.91. The van der Waals surface area contributed by atoms with Crippen molar-refractivity contribution in [3.8, 4) is 0 Å². The highest BCUT2D eigenvalue weighted by Crippen LogP contribution is 2.24. The summed E-state index contributed by atoms with van der Waals surface area (Å²) in [5.41, 5.74) is 0. The number of likely N-dealkylation sites (tertiary alicyclic amines) is 1. The van der Waals surface area contributed by atoms with Crippen LogP contribution in [0.3, 0.4) is 0 Å². The molecule has 2 unspecified atom stereocenters. The van der Waals surface area contributed by atoms with Gasteiger partial charge >= 0.3 is 0 Å². The molecule has 0 aliphatic carbocycles. The van der Waals surface area contributed by atoms with Crippen molar-refractivity contribution in [2.24, 2.45) is 5.92 Å². The molecule has 2 saturated heterocycles. The topological polar surface area (TPSA) is 54.5 Å². The Morgan fingerprint density at radius 1 is 1.29 bits per heavy atom. The number of rotatable bonds is 2. The third-order valence-electron chi connectivity index (χ3n) is 3.91. The number of carbonyl (C=O) groups excluding carboxylic acids is 1. The zero-order chi connectivity index (χ0) is 12.5. The molecule has 0 radical (unpaired) electrons. The molecular weight excluding hydrogens is 238 g/mol. The van der Waals surface area contributed by atoms with E-state index in [4.69, 9.17) is 0 Å². The van der Waals surface area contributed by atoms with Crippen LogP contribution in [0.25, 0.3) is 0 Å². The fraction of sp³-hybridized carbons (Fsp3) is 0.917. The number of piperidine rings is 1. The number of nitrogens with zero attached hydrogens (tertiary/aromatic N) is 1. The molecule has 0 aromatic heterocycles. The minimum Gasteiger partial charge on any atom is -0.340 e. The van der Waals surface area contributed by atoms with E-state index in [1.807, 2.05) is 4.90 Å². The summed E-state index contributed by atoms with van der Waals surface area (Å²) in [6.45, 7) is 2.93. The number of hydrogen-bond acceptors (Lipinski definition) is 3. The van der Waals surface area contributed by atoms with Crippen LogP contribution in [0.4, 0.5) is 0 Å². The van der Waals surface area contributed by atoms with E-state index < -0.39 is 9.84 Å². The highest BCUT2D eigenvalue weighted by Gasteiger charge is 2.32. The van der Waals surface area contributed by atoms with Gasteiger partial charge in [-0.3, -0.25) is 4.79 Å². The third kappa shape index (κ3) is 3.21. The molecule has 0 N–H and O–H groups in total. The first-order valence-corrected chi connectivity index (χ1v) is 8.30. The van der Waals surface area contributed by atoms with Gasteiger partial charge in [0.15, 0.2) is 9.84 Å². The van der Waals surface area contributed by atoms with E-state index in [1.54, 1.807) is 0 Å². The Balaban J connectivity index is 1.89. The predicted molar refractivity (Wildman–Crippen MR) is 66.4 cm³/mol. The first kappa shape index (κ1) is 12.9. The van der Waals surface area contributed by atoms with Crippen molar-refractivity contribution in [3.05, 3.63) is 0 Å². The van der Waals surface area contributed by atoms with Gasteiger partial charge in [-0.2, -0.15) is 0 Å². The smallest absolute Gasteiger partial charge is 0.223 e. The maximum absolute atomic E-state index is 12.1. The predicted octanol–water partition coefficient (Wildman–Crippen LogP) is 1.21. The lowest BCUT2D eigenvalue weighted by Crippen LogP contribution is -2.42. The van der Waals surface area contributed by atoms with E-state index >= 15 is 0 Å². The Bertz CT molecular complexity index is 391. The van der Waals surface area contributed by atoms with Crippen LogP contribution >= 0.6 is 0 Å². The van der Waals surface area contributed by atoms with E-state index in [-0.39, 0.29) is 23.3 Å². The second-order valence-corrected chi connectivity index (χ2v) is 7.63. The molecule has 0 bridgehead atoms. The van der Waals surface area contributed by atoms with E-state index in [9.17, 15) is 13.2 Å². The average Bonchev–Trinajstić information content (AvgIpc) is 2.58. The molecule has 0 saturated carbocycles. The highest BCUT2D eigenvalue weighted by atomic mass is 32.2. The lowest BCUT2D eigenvalue weighted by molar-refractivity contribution is -0.135. The van der Waals surface area contributed by atoms with Crippen LogP contribution in [-0.2, 0) is 14.6 Å². The molecular formula is C12H21NO3S. The zero-order valence-electron chi connectivity index (χ0n) is 10.4. The van der Waals surface area contributed by atoms with Crippen molar-refractivity contribution >= 4 is 15.7 Å². The summed E-state index contributed by atoms with van der Waals surface area (Å²) < 4.78 is 22.7. The summed E-state index contributed by atoms with van der Waals surface area (Å²) in [5, 5.41) is 0. The van der Waals surface area contributed by atoms with Gasteiger partial charge in [-0.15, -0.1) is 0 Å². The molecule has 0 aromatic rings. The summed E-state index contributed by atoms with van der Waals surface area (Å²) in [7, 11) is -2.86. The minimum atomic E-state index is -2.86. The van der Waals surface area contributed by atoms with Crippen LogP contribution in [0.1, 0.15) is 39.0 Å². The SMILES string of the molecule is CC1CCCCN1C(=O)CC1CCS(=O)(=O)C1. The minimum absolute atomic E-state index is 0.0571. The van der Waals surface area contributed by atoms with Crippen LogP contribution in [0, 0.1) is 5.92 Å². The van der Waals surface area contributed by atoms with E-state index in [0.717, 1.165) is 19.4 Å². The van der Waals surface area contributed by atoms with Crippen LogP contribution in [-0.4, -0.2) is 43.3 Å². The summed E-state index contributed by atoms with van der Waals surface area (Å²) in [4.78, 5) is 14.0. The molecule has 2 atom stereocenters. The lowest BCUT2D eigenvalue weighted by atomic mass is 10.00. The van der Waals surface area contributed by atoms with Crippen molar-refractivity contribution in [2.75, 3.05) is 18.1 Å². The van der Waals surface area contributed by atoms with Crippen LogP contribution in [0.15, 0.2) is 0 Å². The second-order valence-electron chi connectivity index (χ2n) is 5.41. The van der Waals surface area contributed by atoms with Crippen LogP contribution < -0.4 is 0 Å². The Morgan fingerprint density at radius 3 is 2.65 bits per heavy atom. The third-order valence-corrected chi connectivity index (χ3v) is 5.75. The van der Waals surface area contributed by atoms with Gasteiger partial charge in [-0.25, -0.2) is 8.42 Å². The van der Waals surface area contributed by atoms with Gasteiger partial charge in [-0.1, -0.05) is 0 Å². The normalized spacial score (nSPS) is 32.6. The monoisotopic (exact) mass is 259 g/mol. The largest absolute Gasteiger partial charge is 0.340 e. The quantitative estimate of drug-likeness (QED) is 0.749. The summed E-state index contributed by atoms with van der Waals surface area (Å²) in [6, 6.07) is 0.328. The summed E-state index contributed by atoms with van der Waals surface area (Å²) in [6.07, 6.45) is 4.44. The standard InChI is InChI=1S/C12H21NO3S/c1-10-4-2-3-6-13(10)12(14)8-11-5-7-17(15,16)9-11/h10-11H,2-9H2,1H3. The molecule has 2 aliphatic rings. The summed E-state index contributed by atoms with van der Waals surface area (Å²) >= 11 is 0. The molecule has 98 valence electrons. The molecule has 2 fully saturated rings. The maximum atomic E-state index is 12.1. The molecule has 2 heterocycles. The van der Waals surface area contributed by atoms with Crippen molar-refractivity contribution in [1.82, 2.24) is 4.90 Å². The second kappa shape index (κ2) is 4.96. The van der Waals surface area contributed by atoms with Gasteiger partial charge in [0, 0.05) is 19.0 Å². The lowest BCUT2D eigenvalue weighted by Gasteiger charge is -2.34. The van der Waals surface area contributed by atoms with Crippen molar-refractivity contribution < 1.29 is 13.2 Å². The van der Waals surface area contributed by atoms with E-state index in [1.165, 1.54) is 6.42 Å². The Hall–Kier alpha value is -0.580. The molecule has 5 heteroatoms. The van der Waals surface area contributed by atoms with Crippen molar-refractivity contribution in [1.29, 1.82) is 0 Å². The number of amides is 1. The maximum Gasteiger partial charge on any atom is 0.223 e. The molecule has 0 spiro atoms. The average molecular weight is 259 g/mol. The first-order valence-electron chi connectivity index (χ1n) is 6.48. The molecule has 0 aromatic carbocycles. The van der Waals surface area contributed by atoms with Gasteiger partial charge in [0.25, 0.3) is 0 Å². The first-order chi connectivity index (χ1) is 7.98. The van der Waals surface area contributed by atoms with Gasteiger partial charge in [-0.05, 0) is 38.5 Å². The van der Waals surface area contributed by atoms with Gasteiger partial charge in [0.05, 0.1) is 11.5 Å². The van der Waals surface area contributed by atoms with Gasteiger partial charge < -0.3 is 4.90 Å². The Kier molecular flexibility index (Phi) is 3.76. The fourth-order valence-corrected chi connectivity index (χ4v) is 4.73. The number of hydrogen-bond donors (Lipinski definition) is 0. The molecule has 17 heavy (non-hydrogen) atoms. The van der Waals surface area contributed by atoms with Crippen molar-refractivity contribution in [2.45, 2.75) is 45.1 Å². The Labute approximate surface area is 103 Å². The van der Waals surface area contributed by atoms with E-state index in [0.29, 0.717) is 18.9 Å². The van der Waals surface area contributed by atoms with Crippen LogP contribution in [0.5, 0.6) is 0 Å². The zero-order valence-corrected chi connectivity index (χ0v) is 11.2. The number of carbonyl (C=O) groups is 1. The molecule has 2 aliphatic heterocycles. The van der Waals surface area contributed by atoms with Gasteiger partial charge in [0.2, 0.25) is 5.91 Å². The van der Waals surface area contributed by atoms with Crippen molar-refractivity contribution in [3.63, 3.8) is 0 Å². The Morgan fingerprint density at radius 2 is 2.06 bits per heavy atom.